The molecule has 2 amide bonds. The van der Waals surface area contributed by atoms with Crippen molar-refractivity contribution in [3.05, 3.63) is 70.4 Å². The van der Waals surface area contributed by atoms with E-state index in [1.54, 1.807) is 6.08 Å². The van der Waals surface area contributed by atoms with E-state index >= 15 is 0 Å². The lowest BCUT2D eigenvalue weighted by molar-refractivity contribution is -0.121. The van der Waals surface area contributed by atoms with Crippen LogP contribution in [0.4, 0.5) is 10.1 Å². The third kappa shape index (κ3) is 9.42. The van der Waals surface area contributed by atoms with E-state index in [-0.39, 0.29) is 22.3 Å². The van der Waals surface area contributed by atoms with Gasteiger partial charge in [-0.3, -0.25) is 14.5 Å². The average molecular weight is 606 g/mol. The smallest absolute Gasteiger partial charge is 0.266 e. The van der Waals surface area contributed by atoms with Crippen LogP contribution < -0.4 is 9.62 Å². The van der Waals surface area contributed by atoms with Gasteiger partial charge in [0.2, 0.25) is 10.0 Å². The van der Waals surface area contributed by atoms with Crippen LogP contribution in [0.25, 0.3) is 6.08 Å². The summed E-state index contributed by atoms with van der Waals surface area (Å²) in [6, 6.07) is 12.6. The van der Waals surface area contributed by atoms with Gasteiger partial charge in [0, 0.05) is 30.9 Å². The number of nitrogens with one attached hydrogen (secondary N) is 1. The molecule has 2 aromatic carbocycles. The van der Waals surface area contributed by atoms with E-state index in [1.807, 2.05) is 16.9 Å². The van der Waals surface area contributed by atoms with Crippen LogP contribution in [0.5, 0.6) is 0 Å². The first-order valence-electron chi connectivity index (χ1n) is 13.5. The van der Waals surface area contributed by atoms with E-state index in [0.717, 1.165) is 61.1 Å². The van der Waals surface area contributed by atoms with E-state index < -0.39 is 27.5 Å². The summed E-state index contributed by atoms with van der Waals surface area (Å²) in [4.78, 5) is 29.3. The molecule has 1 saturated heterocycles. The second-order valence-electron chi connectivity index (χ2n) is 9.58. The standard InChI is InChI=1S/C29H36FN3O4S3/c1-3-5-7-17-32(18-8-6-4-2)25-15-9-22(10-16-25)21-26-28(35)33(29(38)39-26)19-20-40(36,37)31-27(34)23-11-13-24(30)14-12-23/h9-16,21H,3-8,17-20H2,1-2H3,(H,31,34). The molecule has 0 aromatic heterocycles. The largest absolute Gasteiger partial charge is 0.372 e. The lowest BCUT2D eigenvalue weighted by Gasteiger charge is -2.25. The molecule has 11 heteroatoms. The third-order valence-electron chi connectivity index (χ3n) is 6.43. The minimum Gasteiger partial charge on any atom is -0.372 e. The van der Waals surface area contributed by atoms with E-state index in [9.17, 15) is 22.4 Å². The van der Waals surface area contributed by atoms with Crippen molar-refractivity contribution in [2.45, 2.75) is 52.4 Å². The number of anilines is 1. The predicted octanol–water partition coefficient (Wildman–Crippen LogP) is 5.97. The zero-order valence-electron chi connectivity index (χ0n) is 22.9. The molecular formula is C29H36FN3O4S3. The van der Waals surface area contributed by atoms with Crippen molar-refractivity contribution < 1.29 is 22.4 Å². The molecule has 1 N–H and O–H groups in total. The Bertz CT molecular complexity index is 1300. The van der Waals surface area contributed by atoms with Crippen LogP contribution >= 0.6 is 24.0 Å². The average Bonchev–Trinajstić information content (AvgIpc) is 3.19. The molecule has 2 aromatic rings. The van der Waals surface area contributed by atoms with Crippen molar-refractivity contribution in [3.8, 4) is 0 Å². The van der Waals surface area contributed by atoms with Crippen LogP contribution in [-0.2, 0) is 14.8 Å². The first-order chi connectivity index (χ1) is 19.1. The van der Waals surface area contributed by atoms with Crippen molar-refractivity contribution in [2.24, 2.45) is 0 Å². The lowest BCUT2D eigenvalue weighted by atomic mass is 10.1. The summed E-state index contributed by atoms with van der Waals surface area (Å²) in [5.41, 5.74) is 2.02. The Labute approximate surface area is 246 Å². The highest BCUT2D eigenvalue weighted by molar-refractivity contribution is 8.26. The number of amides is 2. The molecule has 1 fully saturated rings. The fourth-order valence-corrected chi connectivity index (χ4v) is 6.40. The zero-order chi connectivity index (χ0) is 29.1. The van der Waals surface area contributed by atoms with Crippen molar-refractivity contribution in [2.75, 3.05) is 30.3 Å². The van der Waals surface area contributed by atoms with Crippen LogP contribution in [0.1, 0.15) is 68.3 Å². The van der Waals surface area contributed by atoms with Gasteiger partial charge in [0.05, 0.1) is 10.7 Å². The highest BCUT2D eigenvalue weighted by atomic mass is 32.2. The Balaban J connectivity index is 1.61. The highest BCUT2D eigenvalue weighted by Gasteiger charge is 2.33. The predicted molar refractivity (Wildman–Crippen MR) is 165 cm³/mol. The van der Waals surface area contributed by atoms with Gasteiger partial charge in [0.15, 0.2) is 0 Å². The van der Waals surface area contributed by atoms with E-state index in [1.165, 1.54) is 42.7 Å². The lowest BCUT2D eigenvalue weighted by Crippen LogP contribution is -2.39. The second-order valence-corrected chi connectivity index (χ2v) is 13.1. The number of nitrogens with zero attached hydrogens (tertiary/aromatic N) is 2. The number of carbonyl (C=O) groups is 2. The number of halogens is 1. The van der Waals surface area contributed by atoms with Gasteiger partial charge in [-0.05, 0) is 60.9 Å². The first-order valence-corrected chi connectivity index (χ1v) is 16.4. The number of thiocarbonyl (C=S) groups is 1. The maximum atomic E-state index is 13.1. The van der Waals surface area contributed by atoms with Gasteiger partial charge in [0.1, 0.15) is 10.1 Å². The number of unbranched alkanes of at least 4 members (excludes halogenated alkanes) is 4. The van der Waals surface area contributed by atoms with Crippen LogP contribution in [0.15, 0.2) is 53.4 Å². The summed E-state index contributed by atoms with van der Waals surface area (Å²) in [6.07, 6.45) is 8.81. The molecule has 1 aliphatic rings. The number of hydrogen-bond donors (Lipinski definition) is 1. The Morgan fingerprint density at radius 2 is 1.60 bits per heavy atom. The molecule has 0 aliphatic carbocycles. The summed E-state index contributed by atoms with van der Waals surface area (Å²) >= 11 is 6.45. The topological polar surface area (TPSA) is 86.8 Å². The van der Waals surface area contributed by atoms with Crippen LogP contribution in [0.3, 0.4) is 0 Å². The molecule has 0 saturated carbocycles. The molecule has 0 bridgehead atoms. The summed E-state index contributed by atoms with van der Waals surface area (Å²) in [5.74, 6) is -2.30. The number of thioether (sulfide) groups is 1. The maximum absolute atomic E-state index is 13.1. The van der Waals surface area contributed by atoms with Crippen LogP contribution in [0, 0.1) is 5.82 Å². The fourth-order valence-electron chi connectivity index (χ4n) is 4.16. The molecule has 3 rings (SSSR count). The zero-order valence-corrected chi connectivity index (χ0v) is 25.3. The van der Waals surface area contributed by atoms with E-state index in [2.05, 4.69) is 30.9 Å². The Morgan fingerprint density at radius 1 is 1.00 bits per heavy atom. The minimum absolute atomic E-state index is 0.00887. The van der Waals surface area contributed by atoms with Crippen LogP contribution in [-0.4, -0.2) is 54.8 Å². The molecule has 0 spiro atoms. The van der Waals surface area contributed by atoms with Crippen LogP contribution in [0.2, 0.25) is 0 Å². The van der Waals surface area contributed by atoms with Gasteiger partial charge in [-0.2, -0.15) is 0 Å². The first kappa shape index (κ1) is 31.8. The van der Waals surface area contributed by atoms with E-state index in [0.29, 0.717) is 4.91 Å². The van der Waals surface area contributed by atoms with Gasteiger partial charge in [0.25, 0.3) is 11.8 Å². The summed E-state index contributed by atoms with van der Waals surface area (Å²) in [5, 5.41) is 0. The number of sulfonamides is 1. The van der Waals surface area contributed by atoms with Crippen molar-refractivity contribution in [3.63, 3.8) is 0 Å². The monoisotopic (exact) mass is 605 g/mol. The third-order valence-corrected chi connectivity index (χ3v) is 9.03. The number of rotatable bonds is 15. The van der Waals surface area contributed by atoms with Crippen molar-refractivity contribution in [1.82, 2.24) is 9.62 Å². The molecule has 1 heterocycles. The maximum Gasteiger partial charge on any atom is 0.266 e. The van der Waals surface area contributed by atoms with Crippen molar-refractivity contribution >= 4 is 61.9 Å². The van der Waals surface area contributed by atoms with Gasteiger partial charge < -0.3 is 4.90 Å². The Morgan fingerprint density at radius 3 is 2.17 bits per heavy atom. The SMILES string of the molecule is CCCCCN(CCCCC)c1ccc(C=C2SC(=S)N(CCS(=O)(=O)NC(=O)c3ccc(F)cc3)C2=O)cc1. The molecule has 0 atom stereocenters. The second kappa shape index (κ2) is 15.3. The van der Waals surface area contributed by atoms with Gasteiger partial charge in [-0.25, -0.2) is 17.5 Å². The molecule has 216 valence electrons. The molecule has 7 nitrogen and oxygen atoms in total. The fraction of sp³-hybridized carbons (Fsp3) is 0.414. The van der Waals surface area contributed by atoms with E-state index in [4.69, 9.17) is 12.2 Å². The Kier molecular flexibility index (Phi) is 12.1. The molecular weight excluding hydrogens is 570 g/mol. The van der Waals surface area contributed by atoms with Crippen molar-refractivity contribution in [1.29, 1.82) is 0 Å². The number of hydrogen-bond acceptors (Lipinski definition) is 7. The number of carbonyl (C=O) groups excluding carboxylic acids is 2. The summed E-state index contributed by atoms with van der Waals surface area (Å²) in [7, 11) is -4.06. The highest BCUT2D eigenvalue weighted by Crippen LogP contribution is 2.32. The quantitative estimate of drug-likeness (QED) is 0.152. The molecule has 1 aliphatic heterocycles. The summed E-state index contributed by atoms with van der Waals surface area (Å²) in [6.45, 7) is 6.24. The molecule has 40 heavy (non-hydrogen) atoms. The molecule has 0 unspecified atom stereocenters. The minimum atomic E-state index is -4.06. The summed E-state index contributed by atoms with van der Waals surface area (Å²) < 4.78 is 40.2. The molecule has 0 radical (unpaired) electrons. The normalized spacial score (nSPS) is 14.7. The van der Waals surface area contributed by atoms with Gasteiger partial charge >= 0.3 is 0 Å². The Hall–Kier alpha value is -2.76. The van der Waals surface area contributed by atoms with Gasteiger partial charge in [-0.1, -0.05) is 75.6 Å². The van der Waals surface area contributed by atoms with Gasteiger partial charge in [-0.15, -0.1) is 0 Å². The number of benzene rings is 2.